The van der Waals surface area contributed by atoms with Crippen LogP contribution >= 0.6 is 0 Å². The number of halogens is 2. The topological polar surface area (TPSA) is 60.4 Å². The summed E-state index contributed by atoms with van der Waals surface area (Å²) in [7, 11) is 0. The molecule has 0 fully saturated rings. The van der Waals surface area contributed by atoms with Crippen molar-refractivity contribution in [3.05, 3.63) is 35.4 Å². The highest BCUT2D eigenvalue weighted by molar-refractivity contribution is 5.78. The SMILES string of the molecule is CCOC(=O)C(CC)c1ccc(F)cc1F.O=C=O. The van der Waals surface area contributed by atoms with Crippen molar-refractivity contribution in [2.45, 2.75) is 26.2 Å². The molecule has 1 atom stereocenters. The van der Waals surface area contributed by atoms with Crippen molar-refractivity contribution in [2.24, 2.45) is 0 Å². The molecule has 0 aliphatic rings. The molecular formula is C13H14F2O4. The first-order chi connectivity index (χ1) is 9.01. The van der Waals surface area contributed by atoms with Crippen LogP contribution in [0.25, 0.3) is 0 Å². The summed E-state index contributed by atoms with van der Waals surface area (Å²) in [5, 5.41) is 0. The van der Waals surface area contributed by atoms with E-state index in [9.17, 15) is 13.6 Å². The van der Waals surface area contributed by atoms with E-state index in [1.165, 1.54) is 6.07 Å². The van der Waals surface area contributed by atoms with Crippen molar-refractivity contribution in [2.75, 3.05) is 6.61 Å². The van der Waals surface area contributed by atoms with Crippen LogP contribution < -0.4 is 0 Å². The molecule has 6 heteroatoms. The Bertz CT molecular complexity index is 454. The number of carbonyl (C=O) groups excluding carboxylic acids is 3. The standard InChI is InChI=1S/C12H14F2O2.CO2/c1-3-9(12(15)16-4-2)10-6-5-8(13)7-11(10)14;2-1-3/h5-7,9H,3-4H2,1-2H3;. The van der Waals surface area contributed by atoms with Crippen LogP contribution in [0, 0.1) is 11.6 Å². The third kappa shape index (κ3) is 5.40. The second-order valence-electron chi connectivity index (χ2n) is 3.46. The van der Waals surface area contributed by atoms with Crippen LogP contribution in [0.5, 0.6) is 0 Å². The first-order valence-corrected chi connectivity index (χ1v) is 5.62. The van der Waals surface area contributed by atoms with Crippen molar-refractivity contribution in [1.82, 2.24) is 0 Å². The van der Waals surface area contributed by atoms with Crippen molar-refractivity contribution < 1.29 is 27.9 Å². The van der Waals surface area contributed by atoms with E-state index in [0.717, 1.165) is 12.1 Å². The van der Waals surface area contributed by atoms with E-state index >= 15 is 0 Å². The molecule has 0 saturated carbocycles. The number of hydrogen-bond acceptors (Lipinski definition) is 4. The lowest BCUT2D eigenvalue weighted by Crippen LogP contribution is -2.16. The van der Waals surface area contributed by atoms with Gasteiger partial charge in [0.15, 0.2) is 0 Å². The zero-order valence-electron chi connectivity index (χ0n) is 10.6. The molecule has 0 radical (unpaired) electrons. The predicted octanol–water partition coefficient (Wildman–Crippen LogP) is 2.44. The van der Waals surface area contributed by atoms with E-state index < -0.39 is 23.5 Å². The van der Waals surface area contributed by atoms with Crippen LogP contribution in [0.3, 0.4) is 0 Å². The Morgan fingerprint density at radius 1 is 1.32 bits per heavy atom. The van der Waals surface area contributed by atoms with Crippen LogP contribution in [0.1, 0.15) is 31.7 Å². The van der Waals surface area contributed by atoms with Crippen LogP contribution in [0.2, 0.25) is 0 Å². The first-order valence-electron chi connectivity index (χ1n) is 5.62. The first kappa shape index (κ1) is 16.9. The third-order valence-electron chi connectivity index (χ3n) is 2.32. The van der Waals surface area contributed by atoms with E-state index in [1.54, 1.807) is 13.8 Å². The molecule has 0 aliphatic heterocycles. The summed E-state index contributed by atoms with van der Waals surface area (Å²) >= 11 is 0. The Hall–Kier alpha value is -2.07. The predicted molar refractivity (Wildman–Crippen MR) is 61.0 cm³/mol. The molecular weight excluding hydrogens is 258 g/mol. The Morgan fingerprint density at radius 3 is 2.32 bits per heavy atom. The highest BCUT2D eigenvalue weighted by Gasteiger charge is 2.23. The number of esters is 1. The van der Waals surface area contributed by atoms with Gasteiger partial charge >= 0.3 is 12.1 Å². The van der Waals surface area contributed by atoms with Crippen molar-refractivity contribution in [3.63, 3.8) is 0 Å². The minimum atomic E-state index is -0.708. The molecule has 1 rings (SSSR count). The molecule has 0 bridgehead atoms. The van der Waals surface area contributed by atoms with Gasteiger partial charge in [-0.25, -0.2) is 8.78 Å². The average molecular weight is 272 g/mol. The quantitative estimate of drug-likeness (QED) is 0.790. The van der Waals surface area contributed by atoms with Crippen LogP contribution in [0.15, 0.2) is 18.2 Å². The molecule has 104 valence electrons. The maximum absolute atomic E-state index is 13.4. The molecule has 0 aliphatic carbocycles. The Morgan fingerprint density at radius 2 is 1.89 bits per heavy atom. The second-order valence-corrected chi connectivity index (χ2v) is 3.46. The molecule has 1 aromatic carbocycles. The van der Waals surface area contributed by atoms with E-state index in [1.807, 2.05) is 0 Å². The van der Waals surface area contributed by atoms with Gasteiger partial charge in [-0.05, 0) is 19.4 Å². The molecule has 0 spiro atoms. The number of rotatable bonds is 4. The zero-order valence-corrected chi connectivity index (χ0v) is 10.6. The molecule has 0 heterocycles. The molecule has 1 aromatic rings. The van der Waals surface area contributed by atoms with Crippen molar-refractivity contribution >= 4 is 12.1 Å². The van der Waals surface area contributed by atoms with Gasteiger partial charge in [0, 0.05) is 11.6 Å². The van der Waals surface area contributed by atoms with Crippen molar-refractivity contribution in [3.8, 4) is 0 Å². The van der Waals surface area contributed by atoms with Gasteiger partial charge in [0.2, 0.25) is 0 Å². The van der Waals surface area contributed by atoms with Crippen molar-refractivity contribution in [1.29, 1.82) is 0 Å². The summed E-state index contributed by atoms with van der Waals surface area (Å²) in [6.07, 6.45) is 0.668. The van der Waals surface area contributed by atoms with Gasteiger partial charge in [0.1, 0.15) is 11.6 Å². The van der Waals surface area contributed by atoms with Crippen LogP contribution in [0.4, 0.5) is 8.78 Å². The molecule has 4 nitrogen and oxygen atoms in total. The lowest BCUT2D eigenvalue weighted by atomic mass is 9.96. The number of hydrogen-bond donors (Lipinski definition) is 0. The molecule has 0 saturated heterocycles. The highest BCUT2D eigenvalue weighted by Crippen LogP contribution is 2.24. The fourth-order valence-electron chi connectivity index (χ4n) is 1.54. The van der Waals surface area contributed by atoms with Gasteiger partial charge in [0.05, 0.1) is 12.5 Å². The van der Waals surface area contributed by atoms with E-state index in [4.69, 9.17) is 14.3 Å². The lowest BCUT2D eigenvalue weighted by molar-refractivity contribution is -0.191. The molecule has 0 N–H and O–H groups in total. The monoisotopic (exact) mass is 272 g/mol. The van der Waals surface area contributed by atoms with E-state index in [0.29, 0.717) is 6.42 Å². The maximum Gasteiger partial charge on any atom is 0.373 e. The Kier molecular flexibility index (Phi) is 7.97. The molecule has 1 unspecified atom stereocenters. The normalized spacial score (nSPS) is 10.7. The Labute approximate surface area is 109 Å². The molecule has 0 aromatic heterocycles. The highest BCUT2D eigenvalue weighted by atomic mass is 19.1. The lowest BCUT2D eigenvalue weighted by Gasteiger charge is -2.14. The number of ether oxygens (including phenoxy) is 1. The van der Waals surface area contributed by atoms with E-state index in [2.05, 4.69) is 0 Å². The third-order valence-corrected chi connectivity index (χ3v) is 2.32. The van der Waals surface area contributed by atoms with E-state index in [-0.39, 0.29) is 18.3 Å². The summed E-state index contributed by atoms with van der Waals surface area (Å²) < 4.78 is 31.0. The molecule has 0 amide bonds. The van der Waals surface area contributed by atoms with Crippen LogP contribution in [-0.4, -0.2) is 18.7 Å². The largest absolute Gasteiger partial charge is 0.466 e. The van der Waals surface area contributed by atoms with Gasteiger partial charge in [-0.1, -0.05) is 13.0 Å². The van der Waals surface area contributed by atoms with Gasteiger partial charge < -0.3 is 4.74 Å². The fraction of sp³-hybridized carbons (Fsp3) is 0.385. The summed E-state index contributed by atoms with van der Waals surface area (Å²) in [5.41, 5.74) is 0.183. The smallest absolute Gasteiger partial charge is 0.373 e. The summed E-state index contributed by atoms with van der Waals surface area (Å²) in [6, 6.07) is 3.20. The summed E-state index contributed by atoms with van der Waals surface area (Å²) in [5.74, 6) is -2.50. The summed E-state index contributed by atoms with van der Waals surface area (Å²) in [6.45, 7) is 3.69. The average Bonchev–Trinajstić information content (AvgIpc) is 2.34. The van der Waals surface area contributed by atoms with Gasteiger partial charge in [-0.15, -0.1) is 0 Å². The maximum atomic E-state index is 13.4. The number of carbonyl (C=O) groups is 1. The fourth-order valence-corrected chi connectivity index (χ4v) is 1.54. The zero-order chi connectivity index (χ0) is 14.8. The number of benzene rings is 1. The minimum absolute atomic E-state index is 0.183. The summed E-state index contributed by atoms with van der Waals surface area (Å²) in [4.78, 5) is 27.8. The minimum Gasteiger partial charge on any atom is -0.466 e. The second kappa shape index (κ2) is 8.94. The Balaban J connectivity index is 0.000000982. The van der Waals surface area contributed by atoms with Gasteiger partial charge in [0.25, 0.3) is 0 Å². The van der Waals surface area contributed by atoms with Crippen LogP contribution in [-0.2, 0) is 19.1 Å². The van der Waals surface area contributed by atoms with Gasteiger partial charge in [-0.2, -0.15) is 9.59 Å². The molecule has 19 heavy (non-hydrogen) atoms. The van der Waals surface area contributed by atoms with Gasteiger partial charge in [-0.3, -0.25) is 4.79 Å².